The van der Waals surface area contributed by atoms with Crippen LogP contribution in [0, 0.1) is 5.92 Å². The molecule has 0 radical (unpaired) electrons. The van der Waals surface area contributed by atoms with E-state index in [1.165, 1.54) is 12.8 Å². The van der Waals surface area contributed by atoms with Crippen molar-refractivity contribution in [1.29, 1.82) is 0 Å². The van der Waals surface area contributed by atoms with Crippen molar-refractivity contribution in [3.8, 4) is 0 Å². The van der Waals surface area contributed by atoms with Gasteiger partial charge in [-0.25, -0.2) is 0 Å². The number of benzene rings is 1. The van der Waals surface area contributed by atoms with Gasteiger partial charge in [0.2, 0.25) is 5.91 Å². The number of aromatic nitrogens is 1. The monoisotopic (exact) mass is 367 g/mol. The van der Waals surface area contributed by atoms with Gasteiger partial charge < -0.3 is 10.6 Å². The molecule has 2 aliphatic heterocycles. The number of nitrogens with zero attached hydrogens (tertiary/aromatic N) is 1. The van der Waals surface area contributed by atoms with Crippen LogP contribution in [0.5, 0.6) is 0 Å². The Bertz CT molecular complexity index is 697. The lowest BCUT2D eigenvalue weighted by Crippen LogP contribution is -2.39. The molecule has 2 unspecified atom stereocenters. The van der Waals surface area contributed by atoms with Crippen LogP contribution in [0.15, 0.2) is 36.5 Å². The molecule has 1 amide bonds. The summed E-state index contributed by atoms with van der Waals surface area (Å²) in [5.41, 5.74) is 1.75. The number of halogens is 2. The Morgan fingerprint density at radius 2 is 1.88 bits per heavy atom. The first-order chi connectivity index (χ1) is 10.8. The number of fused-ring (bicyclic) bond motifs is 3. The Labute approximate surface area is 154 Å². The number of carbonyl (C=O) groups is 1. The minimum absolute atomic E-state index is 0. The van der Waals surface area contributed by atoms with Gasteiger partial charge in [0.1, 0.15) is 0 Å². The summed E-state index contributed by atoms with van der Waals surface area (Å²) < 4.78 is 0. The third-order valence-electron chi connectivity index (χ3n) is 4.92. The zero-order chi connectivity index (χ0) is 14.9. The SMILES string of the molecule is Cl.Cl.O=C(CC1CC2CCC(C1)N2)Nc1cnc2ccccc2c1. The van der Waals surface area contributed by atoms with Gasteiger partial charge in [-0.3, -0.25) is 9.78 Å². The predicted octanol–water partition coefficient (Wildman–Crippen LogP) is 3.94. The van der Waals surface area contributed by atoms with E-state index in [1.807, 2.05) is 30.3 Å². The van der Waals surface area contributed by atoms with Gasteiger partial charge in [0, 0.05) is 23.9 Å². The Balaban J connectivity index is 0.00000104. The van der Waals surface area contributed by atoms with E-state index >= 15 is 0 Å². The van der Waals surface area contributed by atoms with E-state index < -0.39 is 0 Å². The van der Waals surface area contributed by atoms with Crippen LogP contribution < -0.4 is 10.6 Å². The molecule has 24 heavy (non-hydrogen) atoms. The summed E-state index contributed by atoms with van der Waals surface area (Å²) >= 11 is 0. The van der Waals surface area contributed by atoms with Crippen LogP contribution in [-0.4, -0.2) is 23.0 Å². The van der Waals surface area contributed by atoms with Crippen LogP contribution in [0.1, 0.15) is 32.1 Å². The molecule has 0 saturated carbocycles. The highest BCUT2D eigenvalue weighted by atomic mass is 35.5. The minimum atomic E-state index is 0. The van der Waals surface area contributed by atoms with Gasteiger partial charge in [0.05, 0.1) is 17.4 Å². The zero-order valence-electron chi connectivity index (χ0n) is 13.4. The molecule has 6 heteroatoms. The zero-order valence-corrected chi connectivity index (χ0v) is 15.0. The van der Waals surface area contributed by atoms with E-state index in [2.05, 4.69) is 15.6 Å². The second kappa shape index (κ2) is 8.15. The normalized spacial score (nSPS) is 24.8. The van der Waals surface area contributed by atoms with Crippen molar-refractivity contribution in [2.45, 2.75) is 44.2 Å². The number of carbonyl (C=O) groups excluding carboxylic acids is 1. The molecule has 2 aromatic rings. The Hall–Kier alpha value is -1.36. The highest BCUT2D eigenvalue weighted by Crippen LogP contribution is 2.32. The van der Waals surface area contributed by atoms with Gasteiger partial charge in [0.15, 0.2) is 0 Å². The molecule has 130 valence electrons. The second-order valence-electron chi connectivity index (χ2n) is 6.64. The summed E-state index contributed by atoms with van der Waals surface area (Å²) in [6.07, 6.45) is 7.20. The van der Waals surface area contributed by atoms with E-state index in [0.717, 1.165) is 29.4 Å². The van der Waals surface area contributed by atoms with E-state index in [1.54, 1.807) is 6.20 Å². The number of piperidine rings is 1. The molecule has 1 aromatic heterocycles. The lowest BCUT2D eigenvalue weighted by molar-refractivity contribution is -0.117. The molecule has 2 bridgehead atoms. The average molecular weight is 368 g/mol. The van der Waals surface area contributed by atoms with Gasteiger partial charge in [-0.1, -0.05) is 18.2 Å². The quantitative estimate of drug-likeness (QED) is 0.863. The van der Waals surface area contributed by atoms with E-state index in [-0.39, 0.29) is 30.7 Å². The van der Waals surface area contributed by atoms with Crippen LogP contribution in [0.3, 0.4) is 0 Å². The largest absolute Gasteiger partial charge is 0.325 e. The van der Waals surface area contributed by atoms with Crippen LogP contribution in [0.2, 0.25) is 0 Å². The maximum absolute atomic E-state index is 12.3. The molecule has 0 spiro atoms. The molecular weight excluding hydrogens is 345 g/mol. The van der Waals surface area contributed by atoms with Crippen molar-refractivity contribution in [3.05, 3.63) is 36.5 Å². The third kappa shape index (κ3) is 4.18. The van der Waals surface area contributed by atoms with E-state index in [9.17, 15) is 4.79 Å². The van der Waals surface area contributed by atoms with Crippen LogP contribution in [0.4, 0.5) is 5.69 Å². The summed E-state index contributed by atoms with van der Waals surface area (Å²) in [4.78, 5) is 16.7. The fourth-order valence-electron chi connectivity index (χ4n) is 3.96. The van der Waals surface area contributed by atoms with Crippen molar-refractivity contribution in [2.75, 3.05) is 5.32 Å². The third-order valence-corrected chi connectivity index (χ3v) is 4.92. The van der Waals surface area contributed by atoms with Crippen molar-refractivity contribution in [3.63, 3.8) is 0 Å². The van der Waals surface area contributed by atoms with Crippen molar-refractivity contribution in [2.24, 2.45) is 5.92 Å². The average Bonchev–Trinajstić information content (AvgIpc) is 2.86. The lowest BCUT2D eigenvalue weighted by atomic mass is 9.89. The first-order valence-electron chi connectivity index (χ1n) is 8.17. The van der Waals surface area contributed by atoms with Crippen LogP contribution in [-0.2, 0) is 4.79 Å². The molecule has 1 aromatic carbocycles. The Morgan fingerprint density at radius 3 is 2.62 bits per heavy atom. The molecule has 2 aliphatic rings. The smallest absolute Gasteiger partial charge is 0.224 e. The summed E-state index contributed by atoms with van der Waals surface area (Å²) in [7, 11) is 0. The number of pyridine rings is 1. The van der Waals surface area contributed by atoms with Crippen molar-refractivity contribution < 1.29 is 4.79 Å². The van der Waals surface area contributed by atoms with Gasteiger partial charge >= 0.3 is 0 Å². The predicted molar refractivity (Wildman–Crippen MR) is 102 cm³/mol. The van der Waals surface area contributed by atoms with Gasteiger partial charge in [0.25, 0.3) is 0 Å². The van der Waals surface area contributed by atoms with E-state index in [0.29, 0.717) is 24.4 Å². The fraction of sp³-hybridized carbons (Fsp3) is 0.444. The maximum Gasteiger partial charge on any atom is 0.224 e. The molecular formula is C18H23Cl2N3O. The van der Waals surface area contributed by atoms with Crippen LogP contribution in [0.25, 0.3) is 10.9 Å². The Kier molecular flexibility index (Phi) is 6.44. The molecule has 4 nitrogen and oxygen atoms in total. The number of nitrogens with one attached hydrogen (secondary N) is 2. The summed E-state index contributed by atoms with van der Waals surface area (Å²) in [6, 6.07) is 11.2. The summed E-state index contributed by atoms with van der Waals surface area (Å²) in [6.45, 7) is 0. The molecule has 3 heterocycles. The maximum atomic E-state index is 12.3. The second-order valence-corrected chi connectivity index (χ2v) is 6.64. The minimum Gasteiger partial charge on any atom is -0.325 e. The van der Waals surface area contributed by atoms with Gasteiger partial charge in [-0.2, -0.15) is 0 Å². The van der Waals surface area contributed by atoms with Gasteiger partial charge in [-0.15, -0.1) is 24.8 Å². The van der Waals surface area contributed by atoms with E-state index in [4.69, 9.17) is 0 Å². The van der Waals surface area contributed by atoms with Crippen molar-refractivity contribution in [1.82, 2.24) is 10.3 Å². The molecule has 2 fully saturated rings. The molecule has 2 atom stereocenters. The topological polar surface area (TPSA) is 54.0 Å². The number of rotatable bonds is 3. The lowest BCUT2D eigenvalue weighted by Gasteiger charge is -2.28. The number of amides is 1. The number of para-hydroxylation sites is 1. The summed E-state index contributed by atoms with van der Waals surface area (Å²) in [5.74, 6) is 0.635. The molecule has 2 saturated heterocycles. The number of anilines is 1. The van der Waals surface area contributed by atoms with Gasteiger partial charge in [-0.05, 0) is 43.7 Å². The Morgan fingerprint density at radius 1 is 1.17 bits per heavy atom. The number of hydrogen-bond donors (Lipinski definition) is 2. The molecule has 0 aliphatic carbocycles. The standard InChI is InChI=1S/C18H21N3O.2ClH/c22-18(9-12-7-14-5-6-15(8-12)20-14)21-16-10-13-3-1-2-4-17(13)19-11-16;;/h1-4,10-12,14-15,20H,5-9H2,(H,21,22);2*1H. The molecule has 4 rings (SSSR count). The molecule has 2 N–H and O–H groups in total. The number of hydrogen-bond acceptors (Lipinski definition) is 3. The first kappa shape index (κ1) is 19.0. The highest BCUT2D eigenvalue weighted by Gasteiger charge is 2.34. The fourth-order valence-corrected chi connectivity index (χ4v) is 3.96. The van der Waals surface area contributed by atoms with Crippen LogP contribution >= 0.6 is 24.8 Å². The highest BCUT2D eigenvalue weighted by molar-refractivity contribution is 5.93. The summed E-state index contributed by atoms with van der Waals surface area (Å²) in [5, 5.41) is 7.69. The first-order valence-corrected chi connectivity index (χ1v) is 8.17. The van der Waals surface area contributed by atoms with Crippen molar-refractivity contribution >= 4 is 47.3 Å².